The summed E-state index contributed by atoms with van der Waals surface area (Å²) in [6, 6.07) is 6.62. The minimum Gasteiger partial charge on any atom is -0.494 e. The average molecular weight is 428 g/mol. The summed E-state index contributed by atoms with van der Waals surface area (Å²) in [5.41, 5.74) is 0.398. The van der Waals surface area contributed by atoms with Gasteiger partial charge in [0.15, 0.2) is 0 Å². The van der Waals surface area contributed by atoms with E-state index in [2.05, 4.69) is 0 Å². The molecule has 10 heteroatoms. The number of hydrogen-bond acceptors (Lipinski definition) is 6. The number of rotatable bonds is 8. The molecule has 0 atom stereocenters. The number of nitrogens with zero attached hydrogens (tertiary/aromatic N) is 3. The third-order valence-electron chi connectivity index (χ3n) is 4.44. The van der Waals surface area contributed by atoms with Gasteiger partial charge >= 0.3 is 6.09 Å². The molecule has 0 unspecified atom stereocenters. The molecule has 1 aromatic carbocycles. The molecule has 1 aromatic rings. The first-order chi connectivity index (χ1) is 13.8. The number of ether oxygens (including phenoxy) is 2. The Balaban J connectivity index is 2.02. The molecular weight excluding hydrogens is 398 g/mol. The van der Waals surface area contributed by atoms with Gasteiger partial charge in [0.25, 0.3) is 0 Å². The second kappa shape index (κ2) is 10.3. The van der Waals surface area contributed by atoms with Gasteiger partial charge in [0.05, 0.1) is 25.2 Å². The van der Waals surface area contributed by atoms with Crippen LogP contribution in [-0.2, 0) is 19.6 Å². The predicted octanol–water partition coefficient (Wildman–Crippen LogP) is 1.54. The fourth-order valence-corrected chi connectivity index (χ4v) is 3.75. The molecule has 0 spiro atoms. The van der Waals surface area contributed by atoms with Crippen molar-refractivity contribution in [3.8, 4) is 5.75 Å². The number of amides is 2. The SMILES string of the molecule is CCCOc1ccc(N(CC(=O)N2CCN(C(=O)OCC)CC2)S(C)(=O)=O)cc1. The van der Waals surface area contributed by atoms with Gasteiger partial charge in [-0.3, -0.25) is 9.10 Å². The van der Waals surface area contributed by atoms with Gasteiger partial charge in [-0.15, -0.1) is 0 Å². The largest absolute Gasteiger partial charge is 0.494 e. The van der Waals surface area contributed by atoms with Crippen molar-refractivity contribution < 1.29 is 27.5 Å². The minimum absolute atomic E-state index is 0.295. The Morgan fingerprint density at radius 3 is 2.14 bits per heavy atom. The molecule has 2 rings (SSSR count). The maximum atomic E-state index is 12.7. The first-order valence-electron chi connectivity index (χ1n) is 9.66. The van der Waals surface area contributed by atoms with E-state index in [0.29, 0.717) is 50.8 Å². The van der Waals surface area contributed by atoms with Gasteiger partial charge in [0.1, 0.15) is 12.3 Å². The van der Waals surface area contributed by atoms with Crippen LogP contribution in [-0.4, -0.2) is 82.4 Å². The summed E-state index contributed by atoms with van der Waals surface area (Å²) in [5, 5.41) is 0. The third-order valence-corrected chi connectivity index (χ3v) is 5.58. The first kappa shape index (κ1) is 22.8. The van der Waals surface area contributed by atoms with E-state index in [1.54, 1.807) is 36.1 Å². The highest BCUT2D eigenvalue weighted by Gasteiger charge is 2.28. The van der Waals surface area contributed by atoms with E-state index in [1.165, 1.54) is 4.90 Å². The quantitative estimate of drug-likeness (QED) is 0.624. The van der Waals surface area contributed by atoms with Crippen LogP contribution < -0.4 is 9.04 Å². The van der Waals surface area contributed by atoms with Crippen molar-refractivity contribution in [3.05, 3.63) is 24.3 Å². The van der Waals surface area contributed by atoms with Crippen LogP contribution in [0.15, 0.2) is 24.3 Å². The molecule has 2 amide bonds. The van der Waals surface area contributed by atoms with Crippen LogP contribution in [0.1, 0.15) is 20.3 Å². The van der Waals surface area contributed by atoms with Crippen LogP contribution in [0.3, 0.4) is 0 Å². The highest BCUT2D eigenvalue weighted by molar-refractivity contribution is 7.92. The number of carbonyl (C=O) groups excluding carboxylic acids is 2. The Morgan fingerprint density at radius 1 is 1.03 bits per heavy atom. The molecule has 29 heavy (non-hydrogen) atoms. The Bertz CT molecular complexity index is 789. The van der Waals surface area contributed by atoms with Crippen molar-refractivity contribution >= 4 is 27.7 Å². The highest BCUT2D eigenvalue weighted by Crippen LogP contribution is 2.22. The van der Waals surface area contributed by atoms with Gasteiger partial charge in [0.2, 0.25) is 15.9 Å². The molecule has 1 aliphatic heterocycles. The van der Waals surface area contributed by atoms with Gasteiger partial charge in [-0.2, -0.15) is 0 Å². The van der Waals surface area contributed by atoms with Crippen LogP contribution in [0.25, 0.3) is 0 Å². The van der Waals surface area contributed by atoms with Crippen molar-refractivity contribution in [2.75, 3.05) is 56.5 Å². The summed E-state index contributed by atoms with van der Waals surface area (Å²) < 4.78 is 36.1. The predicted molar refractivity (Wildman–Crippen MR) is 110 cm³/mol. The lowest BCUT2D eigenvalue weighted by molar-refractivity contribution is -0.131. The zero-order chi connectivity index (χ0) is 21.4. The molecule has 1 heterocycles. The molecule has 1 aliphatic rings. The maximum absolute atomic E-state index is 12.7. The molecule has 0 N–H and O–H groups in total. The minimum atomic E-state index is -3.65. The monoisotopic (exact) mass is 427 g/mol. The molecule has 162 valence electrons. The molecule has 0 bridgehead atoms. The molecule has 9 nitrogen and oxygen atoms in total. The van der Waals surface area contributed by atoms with E-state index in [4.69, 9.17) is 9.47 Å². The molecule has 1 saturated heterocycles. The molecule has 0 saturated carbocycles. The summed E-state index contributed by atoms with van der Waals surface area (Å²) >= 11 is 0. The van der Waals surface area contributed by atoms with Crippen molar-refractivity contribution in [1.82, 2.24) is 9.80 Å². The molecule has 0 aliphatic carbocycles. The average Bonchev–Trinajstić information content (AvgIpc) is 2.70. The fraction of sp³-hybridized carbons (Fsp3) is 0.579. The van der Waals surface area contributed by atoms with Gasteiger partial charge in [-0.25, -0.2) is 13.2 Å². The summed E-state index contributed by atoms with van der Waals surface area (Å²) in [7, 11) is -3.65. The van der Waals surface area contributed by atoms with Crippen LogP contribution in [0.5, 0.6) is 5.75 Å². The molecule has 0 radical (unpaired) electrons. The lowest BCUT2D eigenvalue weighted by Gasteiger charge is -2.35. The Kier molecular flexibility index (Phi) is 8.12. The van der Waals surface area contributed by atoms with Crippen molar-refractivity contribution in [2.24, 2.45) is 0 Å². The van der Waals surface area contributed by atoms with Gasteiger partial charge in [-0.1, -0.05) is 6.92 Å². The van der Waals surface area contributed by atoms with E-state index in [9.17, 15) is 18.0 Å². The van der Waals surface area contributed by atoms with Crippen LogP contribution in [0, 0.1) is 0 Å². The van der Waals surface area contributed by atoms with E-state index >= 15 is 0 Å². The van der Waals surface area contributed by atoms with E-state index in [-0.39, 0.29) is 12.5 Å². The maximum Gasteiger partial charge on any atom is 0.409 e. The smallest absolute Gasteiger partial charge is 0.409 e. The summed E-state index contributed by atoms with van der Waals surface area (Å²) in [5.74, 6) is 0.329. The third kappa shape index (κ3) is 6.52. The molecule has 1 fully saturated rings. The number of carbonyl (C=O) groups is 2. The second-order valence-electron chi connectivity index (χ2n) is 6.68. The van der Waals surface area contributed by atoms with Crippen molar-refractivity contribution in [2.45, 2.75) is 20.3 Å². The summed E-state index contributed by atoms with van der Waals surface area (Å²) in [4.78, 5) is 27.6. The van der Waals surface area contributed by atoms with Gasteiger partial charge < -0.3 is 19.3 Å². The first-order valence-corrected chi connectivity index (χ1v) is 11.5. The zero-order valence-corrected chi connectivity index (χ0v) is 18.0. The van der Waals surface area contributed by atoms with Gasteiger partial charge in [0, 0.05) is 26.2 Å². The number of hydrogen-bond donors (Lipinski definition) is 0. The standard InChI is InChI=1S/C19H29N3O6S/c1-4-14-28-17-8-6-16(7-9-17)22(29(3,25)26)15-18(23)20-10-12-21(13-11-20)19(24)27-5-2/h6-9H,4-5,10-15H2,1-3H3. The van der Waals surface area contributed by atoms with E-state index < -0.39 is 16.1 Å². The summed E-state index contributed by atoms with van der Waals surface area (Å²) in [6.07, 6.45) is 1.54. The number of sulfonamides is 1. The van der Waals surface area contributed by atoms with E-state index in [0.717, 1.165) is 17.0 Å². The summed E-state index contributed by atoms with van der Waals surface area (Å²) in [6.45, 7) is 5.68. The second-order valence-corrected chi connectivity index (χ2v) is 8.59. The van der Waals surface area contributed by atoms with Crippen LogP contribution >= 0.6 is 0 Å². The van der Waals surface area contributed by atoms with Crippen molar-refractivity contribution in [3.63, 3.8) is 0 Å². The van der Waals surface area contributed by atoms with Crippen LogP contribution in [0.2, 0.25) is 0 Å². The van der Waals surface area contributed by atoms with Crippen molar-refractivity contribution in [1.29, 1.82) is 0 Å². The lowest BCUT2D eigenvalue weighted by Crippen LogP contribution is -2.53. The number of piperazine rings is 1. The lowest BCUT2D eigenvalue weighted by atomic mass is 10.3. The topological polar surface area (TPSA) is 96.5 Å². The number of anilines is 1. The zero-order valence-electron chi connectivity index (χ0n) is 17.2. The Labute approximate surface area is 172 Å². The molecular formula is C19H29N3O6S. The highest BCUT2D eigenvalue weighted by atomic mass is 32.2. The van der Waals surface area contributed by atoms with E-state index in [1.807, 2.05) is 6.92 Å². The Morgan fingerprint density at radius 2 is 1.62 bits per heavy atom. The Hall–Kier alpha value is -2.49. The van der Waals surface area contributed by atoms with Gasteiger partial charge in [-0.05, 0) is 37.6 Å². The fourth-order valence-electron chi connectivity index (χ4n) is 2.90. The molecule has 0 aromatic heterocycles. The number of benzene rings is 1. The van der Waals surface area contributed by atoms with Crippen LogP contribution in [0.4, 0.5) is 10.5 Å². The normalized spacial score (nSPS) is 14.4.